The van der Waals surface area contributed by atoms with E-state index in [0.29, 0.717) is 24.4 Å². The highest BCUT2D eigenvalue weighted by atomic mass is 35.5. The van der Waals surface area contributed by atoms with Crippen LogP contribution in [-0.4, -0.2) is 47.0 Å². The number of hydrogen-bond donors (Lipinski definition) is 1. The molecule has 30 heavy (non-hydrogen) atoms. The molecule has 0 bridgehead atoms. The summed E-state index contributed by atoms with van der Waals surface area (Å²) in [6.45, 7) is 1.11. The zero-order valence-corrected chi connectivity index (χ0v) is 17.1. The first-order valence-electron chi connectivity index (χ1n) is 9.84. The number of nitrogens with zero attached hydrogens (tertiary/aromatic N) is 3. The largest absolute Gasteiger partial charge is 0.497 e. The van der Waals surface area contributed by atoms with Gasteiger partial charge in [-0.3, -0.25) is 4.79 Å². The molecule has 3 heterocycles. The van der Waals surface area contributed by atoms with E-state index in [1.807, 2.05) is 0 Å². The highest BCUT2D eigenvalue weighted by Gasteiger charge is 2.48. The first kappa shape index (κ1) is 20.8. The zero-order chi connectivity index (χ0) is 21.5. The van der Waals surface area contributed by atoms with Gasteiger partial charge in [0, 0.05) is 19.5 Å². The average molecular weight is 443 g/mol. The number of halogens is 4. The number of carbonyl (C=O) groups is 1. The van der Waals surface area contributed by atoms with Crippen molar-refractivity contribution in [1.82, 2.24) is 14.7 Å². The van der Waals surface area contributed by atoms with E-state index in [1.54, 1.807) is 29.2 Å². The fourth-order valence-electron chi connectivity index (χ4n) is 4.03. The molecular weight excluding hydrogens is 421 g/mol. The van der Waals surface area contributed by atoms with Crippen LogP contribution >= 0.6 is 11.6 Å². The van der Waals surface area contributed by atoms with Gasteiger partial charge < -0.3 is 15.0 Å². The molecule has 10 heteroatoms. The van der Waals surface area contributed by atoms with E-state index >= 15 is 0 Å². The number of nitrogens with one attached hydrogen (secondary N) is 1. The molecule has 2 aliphatic heterocycles. The van der Waals surface area contributed by atoms with Crippen molar-refractivity contribution < 1.29 is 22.7 Å². The van der Waals surface area contributed by atoms with Crippen LogP contribution in [0.5, 0.6) is 5.75 Å². The quantitative estimate of drug-likeness (QED) is 0.739. The molecule has 1 aromatic heterocycles. The second-order valence-corrected chi connectivity index (χ2v) is 7.95. The molecule has 162 valence electrons. The molecule has 2 atom stereocenters. The number of ether oxygens (including phenoxy) is 1. The number of rotatable bonds is 3. The fraction of sp³-hybridized carbons (Fsp3) is 0.500. The van der Waals surface area contributed by atoms with Crippen LogP contribution in [0.15, 0.2) is 24.3 Å². The Hall–Kier alpha value is -2.42. The normalized spacial score (nSPS) is 21.7. The second kappa shape index (κ2) is 8.02. The summed E-state index contributed by atoms with van der Waals surface area (Å²) in [5.41, 5.74) is 0.531. The maximum atomic E-state index is 13.9. The summed E-state index contributed by atoms with van der Waals surface area (Å²) >= 11 is 6.39. The number of likely N-dealkylation sites (tertiary alicyclic amines) is 1. The first-order chi connectivity index (χ1) is 14.3. The van der Waals surface area contributed by atoms with Gasteiger partial charge in [-0.05, 0) is 37.0 Å². The highest BCUT2D eigenvalue weighted by Crippen LogP contribution is 2.46. The van der Waals surface area contributed by atoms with Crippen molar-refractivity contribution in [1.29, 1.82) is 0 Å². The van der Waals surface area contributed by atoms with Gasteiger partial charge >= 0.3 is 6.18 Å². The summed E-state index contributed by atoms with van der Waals surface area (Å²) in [7, 11) is 1.52. The maximum Gasteiger partial charge on any atom is 0.410 e. The Morgan fingerprint density at radius 3 is 2.47 bits per heavy atom. The third-order valence-electron chi connectivity index (χ3n) is 5.66. The Labute approximate surface area is 176 Å². The summed E-state index contributed by atoms with van der Waals surface area (Å²) in [4.78, 5) is 14.5. The number of alkyl halides is 3. The summed E-state index contributed by atoms with van der Waals surface area (Å²) < 4.78 is 47.6. The second-order valence-electron chi connectivity index (χ2n) is 7.57. The van der Waals surface area contributed by atoms with Crippen molar-refractivity contribution in [3.05, 3.63) is 40.5 Å². The lowest BCUT2D eigenvalue weighted by atomic mass is 9.97. The predicted molar refractivity (Wildman–Crippen MR) is 106 cm³/mol. The number of hydrogen-bond acceptors (Lipinski definition) is 4. The van der Waals surface area contributed by atoms with Crippen molar-refractivity contribution in [2.45, 2.75) is 43.9 Å². The minimum atomic E-state index is -4.54. The van der Waals surface area contributed by atoms with Crippen LogP contribution in [0.3, 0.4) is 0 Å². The van der Waals surface area contributed by atoms with E-state index in [1.165, 1.54) is 7.11 Å². The maximum absolute atomic E-state index is 13.9. The molecular formula is C20H22ClF3N4O2. The van der Waals surface area contributed by atoms with Crippen molar-refractivity contribution in [3.8, 4) is 5.75 Å². The Morgan fingerprint density at radius 2 is 1.87 bits per heavy atom. The molecule has 1 amide bonds. The van der Waals surface area contributed by atoms with Crippen molar-refractivity contribution in [2.75, 3.05) is 25.5 Å². The predicted octanol–water partition coefficient (Wildman–Crippen LogP) is 4.83. The van der Waals surface area contributed by atoms with Gasteiger partial charge in [0.05, 0.1) is 13.2 Å². The highest BCUT2D eigenvalue weighted by molar-refractivity contribution is 6.36. The topological polar surface area (TPSA) is 59.4 Å². The van der Waals surface area contributed by atoms with Gasteiger partial charge in [0.25, 0.3) is 5.91 Å². The molecule has 1 fully saturated rings. The van der Waals surface area contributed by atoms with E-state index in [0.717, 1.165) is 23.9 Å². The summed E-state index contributed by atoms with van der Waals surface area (Å²) in [6, 6.07) is 4.29. The average Bonchev–Trinajstić information content (AvgIpc) is 3.09. The molecule has 2 aromatic rings. The standard InChI is InChI=1S/C20H22ClF3N4O2/c1-30-13-7-5-12(6-8-13)14-11-15(20(22,23)24)28-18(25-14)16(21)17(26-28)19(29)27-9-3-2-4-10-27/h5-8,14-15,25H,2-4,9-11H2,1H3. The number of piperidine rings is 1. The van der Waals surface area contributed by atoms with E-state index < -0.39 is 24.2 Å². The van der Waals surface area contributed by atoms with Gasteiger partial charge in [-0.25, -0.2) is 4.68 Å². The van der Waals surface area contributed by atoms with Crippen LogP contribution in [0.25, 0.3) is 0 Å². The van der Waals surface area contributed by atoms with E-state index in [4.69, 9.17) is 16.3 Å². The van der Waals surface area contributed by atoms with E-state index in [9.17, 15) is 18.0 Å². The Balaban J connectivity index is 1.70. The van der Waals surface area contributed by atoms with Gasteiger partial charge in [-0.2, -0.15) is 18.3 Å². The number of carbonyl (C=O) groups excluding carboxylic acids is 1. The lowest BCUT2D eigenvalue weighted by molar-refractivity contribution is -0.173. The van der Waals surface area contributed by atoms with Crippen molar-refractivity contribution in [3.63, 3.8) is 0 Å². The number of anilines is 1. The summed E-state index contributed by atoms with van der Waals surface area (Å²) in [6.07, 6.45) is -2.06. The minimum absolute atomic E-state index is 0.0198. The van der Waals surface area contributed by atoms with Crippen LogP contribution in [-0.2, 0) is 0 Å². The van der Waals surface area contributed by atoms with Crippen LogP contribution in [0.2, 0.25) is 5.02 Å². The lowest BCUT2D eigenvalue weighted by Gasteiger charge is -2.33. The molecule has 6 nitrogen and oxygen atoms in total. The molecule has 0 aliphatic carbocycles. The van der Waals surface area contributed by atoms with Crippen LogP contribution in [0.4, 0.5) is 19.0 Å². The SMILES string of the molecule is COc1ccc(C2CC(C(F)(F)F)n3nc(C(=O)N4CCCCC4)c(Cl)c3N2)cc1. The molecule has 2 unspecified atom stereocenters. The monoisotopic (exact) mass is 442 g/mol. The third kappa shape index (κ3) is 3.82. The van der Waals surface area contributed by atoms with E-state index in [2.05, 4.69) is 10.4 Å². The molecule has 0 spiro atoms. The minimum Gasteiger partial charge on any atom is -0.497 e. The fourth-order valence-corrected chi connectivity index (χ4v) is 4.29. The van der Waals surface area contributed by atoms with Gasteiger partial charge in [0.1, 0.15) is 16.6 Å². The summed E-state index contributed by atoms with van der Waals surface area (Å²) in [5.74, 6) is 0.205. The number of methoxy groups -OCH3 is 1. The molecule has 1 saturated heterocycles. The molecule has 1 aromatic carbocycles. The molecule has 0 saturated carbocycles. The molecule has 0 radical (unpaired) electrons. The molecule has 1 N–H and O–H groups in total. The number of benzene rings is 1. The zero-order valence-electron chi connectivity index (χ0n) is 16.4. The van der Waals surface area contributed by atoms with Crippen LogP contribution in [0.1, 0.15) is 53.8 Å². The number of fused-ring (bicyclic) bond motifs is 1. The Morgan fingerprint density at radius 1 is 1.20 bits per heavy atom. The Bertz CT molecular complexity index is 923. The van der Waals surface area contributed by atoms with Gasteiger partial charge in [-0.15, -0.1) is 0 Å². The Kier molecular flexibility index (Phi) is 5.57. The summed E-state index contributed by atoms with van der Waals surface area (Å²) in [5, 5.41) is 7.00. The van der Waals surface area contributed by atoms with Gasteiger partial charge in [0.15, 0.2) is 11.7 Å². The lowest BCUT2D eigenvalue weighted by Crippen LogP contribution is -2.37. The molecule has 4 rings (SSSR count). The van der Waals surface area contributed by atoms with Crippen LogP contribution in [0, 0.1) is 0 Å². The van der Waals surface area contributed by atoms with E-state index in [-0.39, 0.29) is 23.0 Å². The first-order valence-corrected chi connectivity index (χ1v) is 10.2. The van der Waals surface area contributed by atoms with Crippen molar-refractivity contribution >= 4 is 23.3 Å². The number of amides is 1. The molecule has 2 aliphatic rings. The van der Waals surface area contributed by atoms with Crippen LogP contribution < -0.4 is 10.1 Å². The third-order valence-corrected chi connectivity index (χ3v) is 6.02. The van der Waals surface area contributed by atoms with Gasteiger partial charge in [0.2, 0.25) is 0 Å². The van der Waals surface area contributed by atoms with Crippen molar-refractivity contribution in [2.24, 2.45) is 0 Å². The number of aromatic nitrogens is 2. The van der Waals surface area contributed by atoms with Gasteiger partial charge in [-0.1, -0.05) is 23.7 Å². The smallest absolute Gasteiger partial charge is 0.410 e.